The Morgan fingerprint density at radius 3 is 0.722 bits per heavy atom. The third kappa shape index (κ3) is 18.9. The molecule has 218 valence electrons. The minimum Gasteiger partial charge on any atom is -0.373 e. The van der Waals surface area contributed by atoms with Crippen molar-refractivity contribution in [3.05, 3.63) is 0 Å². The molecule has 0 aliphatic carbocycles. The minimum absolute atomic E-state index is 0.331. The summed E-state index contributed by atoms with van der Waals surface area (Å²) in [7, 11) is 0. The molecule has 36 heavy (non-hydrogen) atoms. The van der Waals surface area contributed by atoms with E-state index < -0.39 is 46.8 Å². The summed E-state index contributed by atoms with van der Waals surface area (Å²) >= 11 is 0. The zero-order valence-electron chi connectivity index (χ0n) is 27.2. The van der Waals surface area contributed by atoms with E-state index in [2.05, 4.69) is 83.1 Å². The van der Waals surface area contributed by atoms with Gasteiger partial charge in [0.05, 0.1) is 46.8 Å². The Bertz CT molecular complexity index is 561. The molecular formula is C30H62O6. The van der Waals surface area contributed by atoms with Crippen molar-refractivity contribution in [2.24, 2.45) is 0 Å². The highest BCUT2D eigenvalue weighted by Gasteiger charge is 2.45. The molecule has 0 aromatic carbocycles. The van der Waals surface area contributed by atoms with Crippen molar-refractivity contribution in [2.75, 3.05) is 13.2 Å². The van der Waals surface area contributed by atoms with Gasteiger partial charge in [-0.1, -0.05) is 0 Å². The fourth-order valence-corrected chi connectivity index (χ4v) is 3.49. The molecule has 0 fully saturated rings. The molecule has 0 bridgehead atoms. The van der Waals surface area contributed by atoms with E-state index >= 15 is 0 Å². The molecule has 4 atom stereocenters. The summed E-state index contributed by atoms with van der Waals surface area (Å²) < 4.78 is 39.4. The smallest absolute Gasteiger partial charge is 0.115 e. The van der Waals surface area contributed by atoms with E-state index in [4.69, 9.17) is 28.4 Å². The summed E-state index contributed by atoms with van der Waals surface area (Å²) in [6.45, 7) is 37.6. The van der Waals surface area contributed by atoms with Gasteiger partial charge in [0.1, 0.15) is 24.4 Å². The zero-order valence-corrected chi connectivity index (χ0v) is 27.2. The van der Waals surface area contributed by atoms with E-state index in [1.165, 1.54) is 0 Å². The van der Waals surface area contributed by atoms with Crippen LogP contribution in [0.3, 0.4) is 0 Å². The first-order chi connectivity index (χ1) is 15.6. The lowest BCUT2D eigenvalue weighted by molar-refractivity contribution is -0.268. The standard InChI is InChI=1S/C30H62O6/c1-25(2,3)31-19-21(33-27(7,8)9)23(35-29(13,14)15)24(36-30(16,17)18)22(34-28(10,11)12)20-32-26(4,5)6/h21-24H,19-20H2,1-18H3. The van der Waals surface area contributed by atoms with Crippen molar-refractivity contribution in [3.8, 4) is 0 Å². The molecule has 0 saturated heterocycles. The Labute approximate surface area is 224 Å². The molecule has 0 N–H and O–H groups in total. The fraction of sp³-hybridized carbons (Fsp3) is 1.00. The van der Waals surface area contributed by atoms with Gasteiger partial charge in [-0.15, -0.1) is 0 Å². The molecule has 0 heterocycles. The zero-order chi connectivity index (χ0) is 29.0. The van der Waals surface area contributed by atoms with Gasteiger partial charge < -0.3 is 28.4 Å². The van der Waals surface area contributed by atoms with Crippen LogP contribution >= 0.6 is 0 Å². The van der Waals surface area contributed by atoms with E-state index in [0.717, 1.165) is 0 Å². The molecule has 0 aromatic heterocycles. The molecule has 4 unspecified atom stereocenters. The molecule has 0 saturated carbocycles. The van der Waals surface area contributed by atoms with Crippen molar-refractivity contribution >= 4 is 0 Å². The molecule has 6 nitrogen and oxygen atoms in total. The second-order valence-corrected chi connectivity index (χ2v) is 15.8. The number of hydrogen-bond donors (Lipinski definition) is 0. The van der Waals surface area contributed by atoms with Gasteiger partial charge in [0, 0.05) is 0 Å². The van der Waals surface area contributed by atoms with E-state index in [1.54, 1.807) is 0 Å². The summed E-state index contributed by atoms with van der Waals surface area (Å²) in [6.07, 6.45) is -1.78. The van der Waals surface area contributed by atoms with E-state index in [1.807, 2.05) is 41.5 Å². The average molecular weight is 519 g/mol. The van der Waals surface area contributed by atoms with Gasteiger partial charge >= 0.3 is 0 Å². The van der Waals surface area contributed by atoms with Gasteiger partial charge in [-0.2, -0.15) is 0 Å². The minimum atomic E-state index is -0.485. The lowest BCUT2D eigenvalue weighted by Gasteiger charge is -2.46. The van der Waals surface area contributed by atoms with Crippen LogP contribution in [0.1, 0.15) is 125 Å². The summed E-state index contributed by atoms with van der Waals surface area (Å²) in [5, 5.41) is 0. The van der Waals surface area contributed by atoms with E-state index in [-0.39, 0.29) is 11.2 Å². The van der Waals surface area contributed by atoms with Crippen LogP contribution in [0.25, 0.3) is 0 Å². The Morgan fingerprint density at radius 1 is 0.333 bits per heavy atom. The Morgan fingerprint density at radius 2 is 0.556 bits per heavy atom. The SMILES string of the molecule is CC(C)(C)OCC(OC(C)(C)C)C(OC(C)(C)C)C(OC(C)(C)C)C(COC(C)(C)C)OC(C)(C)C. The van der Waals surface area contributed by atoms with Crippen molar-refractivity contribution in [1.82, 2.24) is 0 Å². The predicted octanol–water partition coefficient (Wildman–Crippen LogP) is 7.35. The average Bonchev–Trinajstić information content (AvgIpc) is 2.53. The highest BCUT2D eigenvalue weighted by molar-refractivity contribution is 4.92. The third-order valence-electron chi connectivity index (χ3n) is 4.41. The maximum atomic E-state index is 6.78. The van der Waals surface area contributed by atoms with Crippen LogP contribution in [0.2, 0.25) is 0 Å². The maximum absolute atomic E-state index is 6.78. The Hall–Kier alpha value is -0.240. The monoisotopic (exact) mass is 518 g/mol. The first kappa shape index (κ1) is 35.8. The van der Waals surface area contributed by atoms with Crippen LogP contribution in [-0.2, 0) is 28.4 Å². The molecular weight excluding hydrogens is 456 g/mol. The van der Waals surface area contributed by atoms with Gasteiger partial charge in [-0.05, 0) is 125 Å². The topological polar surface area (TPSA) is 55.4 Å². The lowest BCUT2D eigenvalue weighted by Crippen LogP contribution is -2.58. The van der Waals surface area contributed by atoms with Gasteiger partial charge in [0.2, 0.25) is 0 Å². The van der Waals surface area contributed by atoms with E-state index in [0.29, 0.717) is 13.2 Å². The molecule has 0 aliphatic heterocycles. The summed E-state index contributed by atoms with van der Waals surface area (Å²) in [4.78, 5) is 0. The summed E-state index contributed by atoms with van der Waals surface area (Å²) in [6, 6.07) is 0. The van der Waals surface area contributed by atoms with Gasteiger partial charge in [-0.25, -0.2) is 0 Å². The molecule has 0 aliphatic rings. The molecule has 0 spiro atoms. The van der Waals surface area contributed by atoms with E-state index in [9.17, 15) is 0 Å². The van der Waals surface area contributed by atoms with Crippen molar-refractivity contribution < 1.29 is 28.4 Å². The first-order valence-corrected chi connectivity index (χ1v) is 13.6. The molecule has 0 amide bonds. The highest BCUT2D eigenvalue weighted by Crippen LogP contribution is 2.31. The second kappa shape index (κ2) is 12.7. The van der Waals surface area contributed by atoms with Crippen LogP contribution in [-0.4, -0.2) is 71.2 Å². The lowest BCUT2D eigenvalue weighted by atomic mass is 9.98. The van der Waals surface area contributed by atoms with Crippen molar-refractivity contribution in [3.63, 3.8) is 0 Å². The van der Waals surface area contributed by atoms with Gasteiger partial charge in [0.25, 0.3) is 0 Å². The molecule has 0 radical (unpaired) electrons. The molecule has 6 heteroatoms. The number of ether oxygens (including phenoxy) is 6. The van der Waals surface area contributed by atoms with Crippen molar-refractivity contribution in [1.29, 1.82) is 0 Å². The first-order valence-electron chi connectivity index (χ1n) is 13.6. The largest absolute Gasteiger partial charge is 0.373 e. The van der Waals surface area contributed by atoms with Gasteiger partial charge in [0.15, 0.2) is 0 Å². The fourth-order valence-electron chi connectivity index (χ4n) is 3.49. The molecule has 0 aromatic rings. The van der Waals surface area contributed by atoms with Crippen LogP contribution in [0.4, 0.5) is 0 Å². The maximum Gasteiger partial charge on any atom is 0.115 e. The van der Waals surface area contributed by atoms with Crippen LogP contribution in [0, 0.1) is 0 Å². The predicted molar refractivity (Wildman–Crippen MR) is 150 cm³/mol. The Balaban J connectivity index is 6.80. The molecule has 0 rings (SSSR count). The summed E-state index contributed by atoms with van der Waals surface area (Å²) in [5.74, 6) is 0. The van der Waals surface area contributed by atoms with Crippen LogP contribution < -0.4 is 0 Å². The summed E-state index contributed by atoms with van der Waals surface area (Å²) in [5.41, 5.74) is -2.41. The Kier molecular flexibility index (Phi) is 12.7. The third-order valence-corrected chi connectivity index (χ3v) is 4.41. The van der Waals surface area contributed by atoms with Crippen molar-refractivity contribution in [2.45, 2.75) is 183 Å². The normalized spacial score (nSPS) is 18.2. The number of hydrogen-bond acceptors (Lipinski definition) is 6. The number of rotatable bonds is 11. The van der Waals surface area contributed by atoms with Gasteiger partial charge in [-0.3, -0.25) is 0 Å². The van der Waals surface area contributed by atoms with Crippen LogP contribution in [0.15, 0.2) is 0 Å². The van der Waals surface area contributed by atoms with Crippen LogP contribution in [0.5, 0.6) is 0 Å². The highest BCUT2D eigenvalue weighted by atomic mass is 16.6. The quantitative estimate of drug-likeness (QED) is 0.285. The second-order valence-electron chi connectivity index (χ2n) is 15.8.